The molecule has 2 aliphatic carbocycles. The van der Waals surface area contributed by atoms with Gasteiger partial charge < -0.3 is 10.2 Å². The molecule has 0 aliphatic heterocycles. The van der Waals surface area contributed by atoms with Gasteiger partial charge in [-0.1, -0.05) is 64.2 Å². The number of hydrogen-bond donors (Lipinski definition) is 2. The second-order valence-electron chi connectivity index (χ2n) is 10.0. The quantitative estimate of drug-likeness (QED) is 0.513. The molecular weight excluding hydrogens is 356 g/mol. The minimum Gasteiger partial charge on any atom is -0.481 e. The summed E-state index contributed by atoms with van der Waals surface area (Å²) in [6, 6.07) is 0. The van der Waals surface area contributed by atoms with Crippen LogP contribution in [0.15, 0.2) is 0 Å². The number of Topliss-reactive ketones (excluding diaryl/α,β-unsaturated/α-hetero) is 1. The van der Waals surface area contributed by atoms with Crippen molar-refractivity contribution in [1.82, 2.24) is 0 Å². The van der Waals surface area contributed by atoms with E-state index in [1.165, 1.54) is 12.8 Å². The molecule has 5 nitrogen and oxygen atoms in total. The van der Waals surface area contributed by atoms with Crippen molar-refractivity contribution < 1.29 is 24.6 Å². The number of hydrogen-bond acceptors (Lipinski definition) is 3. The molecule has 2 unspecified atom stereocenters. The summed E-state index contributed by atoms with van der Waals surface area (Å²) < 4.78 is 0. The molecule has 2 atom stereocenters. The fraction of sp³-hybridized carbons (Fsp3) is 0.870. The van der Waals surface area contributed by atoms with Gasteiger partial charge in [0.15, 0.2) is 0 Å². The number of carbonyl (C=O) groups is 3. The van der Waals surface area contributed by atoms with Gasteiger partial charge in [-0.25, -0.2) is 0 Å². The van der Waals surface area contributed by atoms with Gasteiger partial charge in [-0.2, -0.15) is 0 Å². The third kappa shape index (κ3) is 6.31. The number of carboxylic acids is 2. The summed E-state index contributed by atoms with van der Waals surface area (Å²) in [7, 11) is 0. The first-order chi connectivity index (χ1) is 13.1. The van der Waals surface area contributed by atoms with Crippen LogP contribution < -0.4 is 0 Å². The average Bonchev–Trinajstić information content (AvgIpc) is 2.62. The normalized spacial score (nSPS) is 23.5. The van der Waals surface area contributed by atoms with E-state index in [1.807, 2.05) is 0 Å². The maximum Gasteiger partial charge on any atom is 0.309 e. The van der Waals surface area contributed by atoms with Gasteiger partial charge in [0, 0.05) is 12.8 Å². The molecule has 2 fully saturated rings. The maximum absolute atomic E-state index is 12.8. The van der Waals surface area contributed by atoms with E-state index in [4.69, 9.17) is 0 Å². The first-order valence-electron chi connectivity index (χ1n) is 11.1. The highest BCUT2D eigenvalue weighted by Gasteiger charge is 2.42. The number of ketones is 1. The van der Waals surface area contributed by atoms with Crippen molar-refractivity contribution in [2.24, 2.45) is 22.7 Å². The van der Waals surface area contributed by atoms with Crippen molar-refractivity contribution in [2.75, 3.05) is 0 Å². The van der Waals surface area contributed by atoms with Crippen molar-refractivity contribution in [1.29, 1.82) is 0 Å². The Morgan fingerprint density at radius 2 is 1.00 bits per heavy atom. The Labute approximate surface area is 169 Å². The van der Waals surface area contributed by atoms with E-state index in [0.29, 0.717) is 24.7 Å². The van der Waals surface area contributed by atoms with Gasteiger partial charge in [-0.15, -0.1) is 0 Å². The van der Waals surface area contributed by atoms with Crippen LogP contribution >= 0.6 is 0 Å². The molecule has 0 amide bonds. The van der Waals surface area contributed by atoms with Gasteiger partial charge in [0.1, 0.15) is 5.78 Å². The van der Waals surface area contributed by atoms with E-state index < -0.39 is 22.8 Å². The van der Waals surface area contributed by atoms with Crippen LogP contribution in [0.25, 0.3) is 0 Å². The van der Waals surface area contributed by atoms with Crippen LogP contribution in [-0.2, 0) is 14.4 Å². The molecule has 160 valence electrons. The molecule has 2 saturated carbocycles. The topological polar surface area (TPSA) is 91.7 Å². The van der Waals surface area contributed by atoms with Gasteiger partial charge in [-0.3, -0.25) is 14.4 Å². The summed E-state index contributed by atoms with van der Waals surface area (Å²) in [6.07, 6.45) is 12.0. The molecule has 0 heterocycles. The highest BCUT2D eigenvalue weighted by molar-refractivity contribution is 5.89. The number of rotatable bonds is 10. The van der Waals surface area contributed by atoms with Gasteiger partial charge in [-0.05, 0) is 38.5 Å². The second kappa shape index (κ2) is 9.89. The molecule has 0 aromatic heterocycles. The third-order valence-electron chi connectivity index (χ3n) is 7.14. The maximum atomic E-state index is 12.8. The minimum atomic E-state index is -1.09. The molecule has 0 bridgehead atoms. The number of carboxylic acid groups (broad SMARTS) is 2. The Balaban J connectivity index is 2.01. The molecule has 2 N–H and O–H groups in total. The molecular formula is C23H38O5. The summed E-state index contributed by atoms with van der Waals surface area (Å²) in [4.78, 5) is 36.8. The largest absolute Gasteiger partial charge is 0.481 e. The van der Waals surface area contributed by atoms with Crippen LogP contribution in [0.3, 0.4) is 0 Å². The zero-order valence-corrected chi connectivity index (χ0v) is 17.7. The van der Waals surface area contributed by atoms with Crippen molar-refractivity contribution in [2.45, 2.75) is 104 Å². The third-order valence-corrected chi connectivity index (χ3v) is 7.14. The van der Waals surface area contributed by atoms with Crippen LogP contribution in [-0.4, -0.2) is 27.9 Å². The lowest BCUT2D eigenvalue weighted by Crippen LogP contribution is -2.37. The van der Waals surface area contributed by atoms with E-state index in [-0.39, 0.29) is 18.6 Å². The van der Waals surface area contributed by atoms with Crippen molar-refractivity contribution in [3.05, 3.63) is 0 Å². The Hall–Kier alpha value is -1.39. The van der Waals surface area contributed by atoms with Crippen LogP contribution in [0.1, 0.15) is 104 Å². The SMILES string of the molecule is CC(CC(=O)CC(C)(CC1CCCCC1)C(=O)O)(CC1CCCCC1)C(=O)O. The van der Waals surface area contributed by atoms with Crippen LogP contribution in [0.5, 0.6) is 0 Å². The van der Waals surface area contributed by atoms with Crippen LogP contribution in [0, 0.1) is 22.7 Å². The van der Waals surface area contributed by atoms with E-state index in [2.05, 4.69) is 0 Å². The average molecular weight is 395 g/mol. The van der Waals surface area contributed by atoms with Gasteiger partial charge in [0.05, 0.1) is 10.8 Å². The Morgan fingerprint density at radius 1 is 0.679 bits per heavy atom. The summed E-state index contributed by atoms with van der Waals surface area (Å²) in [5.74, 6) is -1.38. The lowest BCUT2D eigenvalue weighted by atomic mass is 9.69. The number of carbonyl (C=O) groups excluding carboxylic acids is 1. The highest BCUT2D eigenvalue weighted by atomic mass is 16.4. The molecule has 2 rings (SSSR count). The van der Waals surface area contributed by atoms with E-state index >= 15 is 0 Å². The molecule has 0 radical (unpaired) electrons. The zero-order valence-electron chi connectivity index (χ0n) is 17.7. The second-order valence-corrected chi connectivity index (χ2v) is 10.0. The van der Waals surface area contributed by atoms with Crippen molar-refractivity contribution >= 4 is 17.7 Å². The van der Waals surface area contributed by atoms with Crippen molar-refractivity contribution in [3.63, 3.8) is 0 Å². The molecule has 2 aliphatic rings. The predicted octanol–water partition coefficient (Wildman–Crippen LogP) is 5.46. The molecule has 0 aromatic rings. The highest BCUT2D eigenvalue weighted by Crippen LogP contribution is 2.41. The van der Waals surface area contributed by atoms with E-state index in [1.54, 1.807) is 13.8 Å². The lowest BCUT2D eigenvalue weighted by Gasteiger charge is -2.34. The lowest BCUT2D eigenvalue weighted by molar-refractivity contribution is -0.154. The molecule has 5 heteroatoms. The minimum absolute atomic E-state index is 0.0631. The Kier molecular flexibility index (Phi) is 8.08. The molecule has 0 saturated heterocycles. The number of aliphatic carboxylic acids is 2. The fourth-order valence-corrected chi connectivity index (χ4v) is 5.46. The molecule has 0 spiro atoms. The summed E-state index contributed by atoms with van der Waals surface area (Å²) >= 11 is 0. The van der Waals surface area contributed by atoms with Crippen molar-refractivity contribution in [3.8, 4) is 0 Å². The monoisotopic (exact) mass is 394 g/mol. The van der Waals surface area contributed by atoms with Crippen LogP contribution in [0.4, 0.5) is 0 Å². The van der Waals surface area contributed by atoms with Gasteiger partial charge >= 0.3 is 11.9 Å². The smallest absolute Gasteiger partial charge is 0.309 e. The molecule has 28 heavy (non-hydrogen) atoms. The van der Waals surface area contributed by atoms with Gasteiger partial charge in [0.2, 0.25) is 0 Å². The standard InChI is InChI=1S/C23H38O5/c1-22(20(25)26,13-17-9-5-3-6-10-17)15-19(24)16-23(2,21(27)28)14-18-11-7-4-8-12-18/h17-18H,3-16H2,1-2H3,(H,25,26)(H,27,28). The summed E-state index contributed by atoms with van der Waals surface area (Å²) in [5, 5.41) is 19.6. The first kappa shape index (κ1) is 22.9. The molecule has 0 aromatic carbocycles. The van der Waals surface area contributed by atoms with Gasteiger partial charge in [0.25, 0.3) is 0 Å². The Morgan fingerprint density at radius 3 is 1.29 bits per heavy atom. The Bertz CT molecular complexity index is 511. The van der Waals surface area contributed by atoms with E-state index in [0.717, 1.165) is 51.4 Å². The summed E-state index contributed by atoms with van der Waals surface area (Å²) in [6.45, 7) is 3.34. The first-order valence-corrected chi connectivity index (χ1v) is 11.1. The summed E-state index contributed by atoms with van der Waals surface area (Å²) in [5.41, 5.74) is -2.19. The zero-order chi connectivity index (χ0) is 20.8. The predicted molar refractivity (Wildman–Crippen MR) is 108 cm³/mol. The van der Waals surface area contributed by atoms with Crippen LogP contribution in [0.2, 0.25) is 0 Å². The van der Waals surface area contributed by atoms with E-state index in [9.17, 15) is 24.6 Å². The fourth-order valence-electron chi connectivity index (χ4n) is 5.46.